The fraction of sp³-hybridized carbons (Fsp3) is 0.667. The summed E-state index contributed by atoms with van der Waals surface area (Å²) < 4.78 is 26.4. The Morgan fingerprint density at radius 2 is 1.89 bits per heavy atom. The largest absolute Gasteiger partial charge is 0.363 e. The molecule has 1 heterocycles. The lowest BCUT2D eigenvalue weighted by Crippen LogP contribution is -2.32. The molecule has 1 rings (SSSR count). The highest BCUT2D eigenvalue weighted by atomic mass is 32.2. The lowest BCUT2D eigenvalue weighted by Gasteiger charge is -2.19. The summed E-state index contributed by atoms with van der Waals surface area (Å²) in [7, 11) is -1.52. The van der Waals surface area contributed by atoms with Crippen LogP contribution in [-0.4, -0.2) is 37.8 Å². The van der Waals surface area contributed by atoms with Gasteiger partial charge in [0.2, 0.25) is 10.0 Å². The second kappa shape index (κ2) is 6.92. The summed E-state index contributed by atoms with van der Waals surface area (Å²) in [6, 6.07) is 1.70. The van der Waals surface area contributed by atoms with E-state index in [-0.39, 0.29) is 0 Å². The molecule has 104 valence electrons. The molecule has 0 saturated carbocycles. The highest BCUT2D eigenvalue weighted by molar-refractivity contribution is 7.89. The van der Waals surface area contributed by atoms with Crippen molar-refractivity contribution in [2.24, 2.45) is 0 Å². The molecule has 6 heteroatoms. The number of hydrogen-bond acceptors (Lipinski definition) is 3. The second-order valence-electron chi connectivity index (χ2n) is 4.30. The van der Waals surface area contributed by atoms with Crippen LogP contribution in [0.5, 0.6) is 0 Å². The average Bonchev–Trinajstić information content (AvgIpc) is 2.78. The summed E-state index contributed by atoms with van der Waals surface area (Å²) >= 11 is 0. The molecule has 0 unspecified atom stereocenters. The fourth-order valence-electron chi connectivity index (χ4n) is 1.86. The van der Waals surface area contributed by atoms with Gasteiger partial charge in [-0.25, -0.2) is 8.42 Å². The van der Waals surface area contributed by atoms with Gasteiger partial charge in [0.15, 0.2) is 0 Å². The van der Waals surface area contributed by atoms with Crippen LogP contribution in [0.1, 0.15) is 32.4 Å². The lowest BCUT2D eigenvalue weighted by molar-refractivity contribution is 0.410. The third kappa shape index (κ3) is 3.57. The smallest absolute Gasteiger partial charge is 0.244 e. The number of aromatic amines is 1. The number of nitrogens with one attached hydrogen (secondary N) is 2. The molecule has 0 spiro atoms. The molecular weight excluding hydrogens is 250 g/mol. The van der Waals surface area contributed by atoms with Crippen molar-refractivity contribution in [3.63, 3.8) is 0 Å². The first-order valence-corrected chi connectivity index (χ1v) is 7.82. The highest BCUT2D eigenvalue weighted by Gasteiger charge is 2.23. The molecule has 5 nitrogen and oxygen atoms in total. The van der Waals surface area contributed by atoms with Crippen molar-refractivity contribution in [2.45, 2.75) is 38.1 Å². The molecule has 2 N–H and O–H groups in total. The van der Waals surface area contributed by atoms with Crippen molar-refractivity contribution in [1.29, 1.82) is 0 Å². The number of nitrogens with zero attached hydrogens (tertiary/aromatic N) is 1. The van der Waals surface area contributed by atoms with Crippen molar-refractivity contribution >= 4 is 10.0 Å². The minimum Gasteiger partial charge on any atom is -0.363 e. The Balaban J connectivity index is 2.94. The molecule has 0 radical (unpaired) electrons. The van der Waals surface area contributed by atoms with Crippen molar-refractivity contribution in [3.05, 3.63) is 18.0 Å². The van der Waals surface area contributed by atoms with Crippen LogP contribution < -0.4 is 5.32 Å². The van der Waals surface area contributed by atoms with Gasteiger partial charge in [-0.1, -0.05) is 13.8 Å². The standard InChI is InChI=1S/C12H23N3O2S/c1-4-6-15(7-5-2)18(16,17)12-8-11(9-13-3)14-10-12/h8,10,13-14H,4-7,9H2,1-3H3. The van der Waals surface area contributed by atoms with Crippen molar-refractivity contribution in [3.8, 4) is 0 Å². The molecule has 0 aliphatic carbocycles. The summed E-state index contributed by atoms with van der Waals surface area (Å²) in [5, 5.41) is 2.99. The molecule has 0 bridgehead atoms. The van der Waals surface area contributed by atoms with E-state index < -0.39 is 10.0 Å². The lowest BCUT2D eigenvalue weighted by atomic mass is 10.4. The first-order valence-electron chi connectivity index (χ1n) is 6.38. The Kier molecular flexibility index (Phi) is 5.84. The summed E-state index contributed by atoms with van der Waals surface area (Å²) in [4.78, 5) is 3.34. The van der Waals surface area contributed by atoms with E-state index in [1.165, 1.54) is 0 Å². The van der Waals surface area contributed by atoms with E-state index in [0.717, 1.165) is 18.5 Å². The molecule has 0 amide bonds. The SMILES string of the molecule is CCCN(CCC)S(=O)(=O)c1c[nH]c(CNC)c1. The predicted molar refractivity (Wildman–Crippen MR) is 72.9 cm³/mol. The minimum absolute atomic E-state index is 0.356. The zero-order valence-corrected chi connectivity index (χ0v) is 12.2. The number of aromatic nitrogens is 1. The van der Waals surface area contributed by atoms with Gasteiger partial charge in [0.25, 0.3) is 0 Å². The van der Waals surface area contributed by atoms with Crippen molar-refractivity contribution in [2.75, 3.05) is 20.1 Å². The first-order chi connectivity index (χ1) is 8.56. The highest BCUT2D eigenvalue weighted by Crippen LogP contribution is 2.17. The van der Waals surface area contributed by atoms with E-state index in [2.05, 4.69) is 10.3 Å². The third-order valence-corrected chi connectivity index (χ3v) is 4.54. The van der Waals surface area contributed by atoms with Crippen LogP contribution in [0.4, 0.5) is 0 Å². The zero-order chi connectivity index (χ0) is 13.6. The first kappa shape index (κ1) is 15.2. The molecule has 18 heavy (non-hydrogen) atoms. The molecule has 0 aliphatic rings. The molecular formula is C12H23N3O2S. The van der Waals surface area contributed by atoms with E-state index >= 15 is 0 Å². The molecule has 0 aliphatic heterocycles. The Morgan fingerprint density at radius 3 is 2.39 bits per heavy atom. The maximum Gasteiger partial charge on any atom is 0.244 e. The van der Waals surface area contributed by atoms with Crippen LogP contribution >= 0.6 is 0 Å². The van der Waals surface area contributed by atoms with Crippen LogP contribution in [0.2, 0.25) is 0 Å². The second-order valence-corrected chi connectivity index (χ2v) is 6.23. The average molecular weight is 273 g/mol. The Bertz CT molecular complexity index is 448. The van der Waals surface area contributed by atoms with E-state index in [4.69, 9.17) is 0 Å². The maximum atomic E-state index is 12.4. The van der Waals surface area contributed by atoms with Crippen LogP contribution in [0.25, 0.3) is 0 Å². The fourth-order valence-corrected chi connectivity index (χ4v) is 3.50. The van der Waals surface area contributed by atoms with Gasteiger partial charge in [0, 0.05) is 31.5 Å². The molecule has 0 aromatic carbocycles. The predicted octanol–water partition coefficient (Wildman–Crippen LogP) is 1.54. The van der Waals surface area contributed by atoms with Crippen LogP contribution in [0.3, 0.4) is 0 Å². The normalized spacial score (nSPS) is 12.2. The topological polar surface area (TPSA) is 65.2 Å². The zero-order valence-electron chi connectivity index (χ0n) is 11.4. The quantitative estimate of drug-likeness (QED) is 0.755. The summed E-state index contributed by atoms with van der Waals surface area (Å²) in [6.45, 7) is 5.76. The van der Waals surface area contributed by atoms with E-state index in [0.29, 0.717) is 24.5 Å². The number of H-pyrrole nitrogens is 1. The van der Waals surface area contributed by atoms with Crippen LogP contribution in [0, 0.1) is 0 Å². The van der Waals surface area contributed by atoms with Crippen LogP contribution in [0.15, 0.2) is 17.2 Å². The monoisotopic (exact) mass is 273 g/mol. The maximum absolute atomic E-state index is 12.4. The van der Waals surface area contributed by atoms with Gasteiger partial charge < -0.3 is 10.3 Å². The van der Waals surface area contributed by atoms with Crippen molar-refractivity contribution in [1.82, 2.24) is 14.6 Å². The van der Waals surface area contributed by atoms with Crippen molar-refractivity contribution < 1.29 is 8.42 Å². The van der Waals surface area contributed by atoms with Gasteiger partial charge in [-0.3, -0.25) is 0 Å². The van der Waals surface area contributed by atoms with Gasteiger partial charge in [0.05, 0.1) is 4.90 Å². The molecule has 1 aromatic rings. The van der Waals surface area contributed by atoms with Gasteiger partial charge >= 0.3 is 0 Å². The van der Waals surface area contributed by atoms with Gasteiger partial charge in [-0.05, 0) is 26.0 Å². The number of sulfonamides is 1. The summed E-state index contributed by atoms with van der Waals surface area (Å²) in [5.41, 5.74) is 0.879. The molecule has 1 aromatic heterocycles. The third-order valence-electron chi connectivity index (χ3n) is 2.67. The Morgan fingerprint density at radius 1 is 1.28 bits per heavy atom. The summed E-state index contributed by atoms with van der Waals surface area (Å²) in [6.07, 6.45) is 3.22. The van der Waals surface area contributed by atoms with E-state index in [1.54, 1.807) is 16.6 Å². The number of rotatable bonds is 8. The van der Waals surface area contributed by atoms with Gasteiger partial charge in [-0.2, -0.15) is 4.31 Å². The molecule has 0 fully saturated rings. The van der Waals surface area contributed by atoms with E-state index in [9.17, 15) is 8.42 Å². The Labute approximate surface area is 110 Å². The summed E-state index contributed by atoms with van der Waals surface area (Å²) in [5.74, 6) is 0. The van der Waals surface area contributed by atoms with E-state index in [1.807, 2.05) is 20.9 Å². The van der Waals surface area contributed by atoms with Gasteiger partial charge in [-0.15, -0.1) is 0 Å². The van der Waals surface area contributed by atoms with Gasteiger partial charge in [0.1, 0.15) is 0 Å². The minimum atomic E-state index is -3.35. The molecule has 0 saturated heterocycles. The Hall–Kier alpha value is -0.850. The van der Waals surface area contributed by atoms with Crippen LogP contribution in [-0.2, 0) is 16.6 Å². The number of hydrogen-bond donors (Lipinski definition) is 2. The molecule has 0 atom stereocenters.